The van der Waals surface area contributed by atoms with Crippen molar-refractivity contribution in [3.8, 4) is 0 Å². The average molecular weight is 349 g/mol. The van der Waals surface area contributed by atoms with Gasteiger partial charge in [-0.3, -0.25) is 0 Å². The van der Waals surface area contributed by atoms with E-state index in [1.165, 1.54) is 0 Å². The maximum absolute atomic E-state index is 12.9. The van der Waals surface area contributed by atoms with E-state index in [4.69, 9.17) is 10.5 Å². The van der Waals surface area contributed by atoms with E-state index in [1.807, 2.05) is 73.5 Å². The van der Waals surface area contributed by atoms with Gasteiger partial charge in [0.15, 0.2) is 5.96 Å². The number of ether oxygens (including phenoxy) is 1. The van der Waals surface area contributed by atoms with E-state index in [2.05, 4.69) is 4.99 Å². The van der Waals surface area contributed by atoms with Crippen LogP contribution in [-0.4, -0.2) is 30.5 Å². The Kier molecular flexibility index (Phi) is 5.07. The van der Waals surface area contributed by atoms with Crippen molar-refractivity contribution < 1.29 is 9.53 Å². The number of nitrogens with two attached hydrogens (primary N) is 1. The second-order valence-corrected chi connectivity index (χ2v) is 6.24. The number of hydrogen-bond donors (Lipinski definition) is 1. The number of aryl methyl sites for hydroxylation is 1. The van der Waals surface area contributed by atoms with Gasteiger partial charge in [-0.05, 0) is 19.4 Å². The predicted octanol–water partition coefficient (Wildman–Crippen LogP) is 3.27. The molecule has 0 bridgehead atoms. The highest BCUT2D eigenvalue weighted by atomic mass is 16.5. The van der Waals surface area contributed by atoms with Gasteiger partial charge in [-0.2, -0.15) is 0 Å². The van der Waals surface area contributed by atoms with Crippen molar-refractivity contribution in [2.45, 2.75) is 19.9 Å². The van der Waals surface area contributed by atoms with Gasteiger partial charge in [0.2, 0.25) is 0 Å². The molecule has 26 heavy (non-hydrogen) atoms. The first-order chi connectivity index (χ1) is 12.5. The highest BCUT2D eigenvalue weighted by Gasteiger charge is 2.35. The Hall–Kier alpha value is -3.08. The lowest BCUT2D eigenvalue weighted by molar-refractivity contribution is -0.139. The monoisotopic (exact) mass is 349 g/mol. The van der Waals surface area contributed by atoms with Crippen LogP contribution in [0.15, 0.2) is 65.2 Å². The Balaban J connectivity index is 2.23. The normalized spacial score (nSPS) is 17.1. The Bertz CT molecular complexity index is 855. The van der Waals surface area contributed by atoms with E-state index in [9.17, 15) is 4.79 Å². The molecule has 1 heterocycles. The molecule has 1 atom stereocenters. The van der Waals surface area contributed by atoms with Crippen LogP contribution in [0.5, 0.6) is 0 Å². The summed E-state index contributed by atoms with van der Waals surface area (Å²) in [6.07, 6.45) is 0. The van der Waals surface area contributed by atoms with Crippen molar-refractivity contribution in [2.24, 2.45) is 10.7 Å². The van der Waals surface area contributed by atoms with E-state index < -0.39 is 0 Å². The lowest BCUT2D eigenvalue weighted by Gasteiger charge is -2.35. The fourth-order valence-electron chi connectivity index (χ4n) is 3.08. The number of carbonyl (C=O) groups excluding carboxylic acids is 1. The van der Waals surface area contributed by atoms with Gasteiger partial charge in [-0.15, -0.1) is 0 Å². The van der Waals surface area contributed by atoms with Gasteiger partial charge in [-0.1, -0.05) is 60.2 Å². The van der Waals surface area contributed by atoms with E-state index in [0.29, 0.717) is 23.8 Å². The van der Waals surface area contributed by atoms with Crippen LogP contribution in [0.2, 0.25) is 0 Å². The number of benzene rings is 2. The topological polar surface area (TPSA) is 67.9 Å². The summed E-state index contributed by atoms with van der Waals surface area (Å²) in [5, 5.41) is 0. The molecule has 0 aliphatic carbocycles. The standard InChI is InChI=1S/C21H23N3O2/c1-4-26-20(25)17-18(15-8-6-5-7-9-15)23-21(22)24(3)19(17)16-12-10-14(2)11-13-16/h5-13,19H,4H2,1-3H3,(H2,22,23). The molecule has 0 amide bonds. The summed E-state index contributed by atoms with van der Waals surface area (Å²) < 4.78 is 5.36. The van der Waals surface area contributed by atoms with E-state index in [1.54, 1.807) is 6.92 Å². The molecule has 1 unspecified atom stereocenters. The van der Waals surface area contributed by atoms with Gasteiger partial charge in [-0.25, -0.2) is 9.79 Å². The van der Waals surface area contributed by atoms with Gasteiger partial charge < -0.3 is 15.4 Å². The molecule has 0 radical (unpaired) electrons. The van der Waals surface area contributed by atoms with Crippen LogP contribution in [-0.2, 0) is 9.53 Å². The SMILES string of the molecule is CCOC(=O)C1=C(c2ccccc2)N=C(N)N(C)C1c1ccc(C)cc1. The third kappa shape index (κ3) is 3.33. The summed E-state index contributed by atoms with van der Waals surface area (Å²) in [5.41, 5.74) is 10.2. The van der Waals surface area contributed by atoms with Crippen LogP contribution in [0, 0.1) is 6.92 Å². The molecule has 0 aromatic heterocycles. The lowest BCUT2D eigenvalue weighted by atomic mass is 9.91. The Morgan fingerprint density at radius 1 is 1.15 bits per heavy atom. The second kappa shape index (κ2) is 7.44. The molecule has 0 saturated heterocycles. The number of esters is 1. The smallest absolute Gasteiger partial charge is 0.338 e. The quantitative estimate of drug-likeness (QED) is 0.860. The summed E-state index contributed by atoms with van der Waals surface area (Å²) in [4.78, 5) is 19.2. The van der Waals surface area contributed by atoms with Gasteiger partial charge in [0, 0.05) is 12.6 Å². The van der Waals surface area contributed by atoms with E-state index in [-0.39, 0.29) is 12.0 Å². The Morgan fingerprint density at radius 3 is 2.42 bits per heavy atom. The number of hydrogen-bond acceptors (Lipinski definition) is 5. The van der Waals surface area contributed by atoms with Crippen molar-refractivity contribution in [3.05, 3.63) is 76.9 Å². The van der Waals surface area contributed by atoms with Gasteiger partial charge in [0.25, 0.3) is 0 Å². The Morgan fingerprint density at radius 2 is 1.81 bits per heavy atom. The molecule has 0 fully saturated rings. The molecular weight excluding hydrogens is 326 g/mol. The number of rotatable bonds is 4. The fourth-order valence-corrected chi connectivity index (χ4v) is 3.08. The maximum atomic E-state index is 12.9. The van der Waals surface area contributed by atoms with E-state index in [0.717, 1.165) is 16.7 Å². The molecule has 0 saturated carbocycles. The summed E-state index contributed by atoms with van der Waals surface area (Å²) in [5.74, 6) is -0.0116. The number of likely N-dealkylation sites (N-methyl/N-ethyl adjacent to an activating group) is 1. The number of carbonyl (C=O) groups is 1. The molecule has 0 spiro atoms. The largest absolute Gasteiger partial charge is 0.463 e. The van der Waals surface area contributed by atoms with E-state index >= 15 is 0 Å². The van der Waals surface area contributed by atoms with Crippen LogP contribution >= 0.6 is 0 Å². The zero-order valence-corrected chi connectivity index (χ0v) is 15.3. The van der Waals surface area contributed by atoms with Crippen molar-refractivity contribution in [2.75, 3.05) is 13.7 Å². The summed E-state index contributed by atoms with van der Waals surface area (Å²) in [7, 11) is 1.84. The molecule has 2 aromatic carbocycles. The zero-order chi connectivity index (χ0) is 18.7. The number of guanidine groups is 1. The first-order valence-electron chi connectivity index (χ1n) is 8.63. The second-order valence-electron chi connectivity index (χ2n) is 6.24. The highest BCUT2D eigenvalue weighted by molar-refractivity contribution is 6.03. The molecule has 5 nitrogen and oxygen atoms in total. The first kappa shape index (κ1) is 17.7. The van der Waals surface area contributed by atoms with Gasteiger partial charge in [0.1, 0.15) is 0 Å². The van der Waals surface area contributed by atoms with Gasteiger partial charge in [0.05, 0.1) is 23.9 Å². The molecule has 1 aliphatic rings. The summed E-state index contributed by atoms with van der Waals surface area (Å²) in [6, 6.07) is 17.3. The number of aliphatic imine (C=N–C) groups is 1. The van der Waals surface area contributed by atoms with Crippen molar-refractivity contribution in [3.63, 3.8) is 0 Å². The molecule has 3 rings (SSSR count). The van der Waals surface area contributed by atoms with Crippen molar-refractivity contribution in [1.29, 1.82) is 0 Å². The average Bonchev–Trinajstić information content (AvgIpc) is 2.65. The maximum Gasteiger partial charge on any atom is 0.338 e. The minimum absolute atomic E-state index is 0.300. The number of nitrogens with zero attached hydrogens (tertiary/aromatic N) is 2. The van der Waals surface area contributed by atoms with Crippen LogP contribution in [0.1, 0.15) is 29.7 Å². The van der Waals surface area contributed by atoms with Crippen molar-refractivity contribution >= 4 is 17.6 Å². The third-order valence-electron chi connectivity index (χ3n) is 4.44. The fraction of sp³-hybridized carbons (Fsp3) is 0.238. The zero-order valence-electron chi connectivity index (χ0n) is 15.3. The van der Waals surface area contributed by atoms with Crippen LogP contribution < -0.4 is 5.73 Å². The van der Waals surface area contributed by atoms with Crippen LogP contribution in [0.25, 0.3) is 5.70 Å². The molecule has 2 N–H and O–H groups in total. The lowest BCUT2D eigenvalue weighted by Crippen LogP contribution is -2.42. The predicted molar refractivity (Wildman–Crippen MR) is 103 cm³/mol. The molecule has 134 valence electrons. The van der Waals surface area contributed by atoms with Gasteiger partial charge >= 0.3 is 5.97 Å². The first-order valence-corrected chi connectivity index (χ1v) is 8.63. The Labute approximate surface area is 153 Å². The highest BCUT2D eigenvalue weighted by Crippen LogP contribution is 2.38. The summed E-state index contributed by atoms with van der Waals surface area (Å²) >= 11 is 0. The summed E-state index contributed by atoms with van der Waals surface area (Å²) in [6.45, 7) is 4.13. The molecule has 5 heteroatoms. The minimum Gasteiger partial charge on any atom is -0.463 e. The van der Waals surface area contributed by atoms with Crippen molar-refractivity contribution in [1.82, 2.24) is 4.90 Å². The minimum atomic E-state index is -0.375. The third-order valence-corrected chi connectivity index (χ3v) is 4.44. The molecular formula is C21H23N3O2. The van der Waals surface area contributed by atoms with Crippen LogP contribution in [0.3, 0.4) is 0 Å². The molecule has 1 aliphatic heterocycles. The van der Waals surface area contributed by atoms with Crippen LogP contribution in [0.4, 0.5) is 0 Å². The molecule has 2 aromatic rings.